The molecule has 0 bridgehead atoms. The fourth-order valence-electron chi connectivity index (χ4n) is 1.51. The molecule has 0 aliphatic rings. The molecule has 1 aromatic carbocycles. The van der Waals surface area contributed by atoms with Crippen molar-refractivity contribution in [3.05, 3.63) is 29.3 Å². The molecule has 14 heavy (non-hydrogen) atoms. The van der Waals surface area contributed by atoms with Gasteiger partial charge in [-0.05, 0) is 18.4 Å². The van der Waals surface area contributed by atoms with E-state index in [9.17, 15) is 5.11 Å². The number of nitrogens with two attached hydrogens (primary N) is 1. The summed E-state index contributed by atoms with van der Waals surface area (Å²) in [5.41, 5.74) is 7.81. The minimum Gasteiger partial charge on any atom is -0.507 e. The van der Waals surface area contributed by atoms with E-state index in [2.05, 4.69) is 13.8 Å². The number of phenolic OH excluding ortho intramolecular Hbond substituents is 1. The maximum Gasteiger partial charge on any atom is 0.123 e. The molecule has 0 aromatic heterocycles. The van der Waals surface area contributed by atoms with E-state index in [-0.39, 0.29) is 6.04 Å². The van der Waals surface area contributed by atoms with Crippen molar-refractivity contribution in [2.75, 3.05) is 0 Å². The molecule has 0 spiro atoms. The first-order valence-corrected chi connectivity index (χ1v) is 5.12. The lowest BCUT2D eigenvalue weighted by Gasteiger charge is -2.20. The van der Waals surface area contributed by atoms with Crippen molar-refractivity contribution in [1.82, 2.24) is 0 Å². The Hall–Kier alpha value is -1.02. The summed E-state index contributed by atoms with van der Waals surface area (Å²) in [4.78, 5) is 0. The van der Waals surface area contributed by atoms with E-state index in [1.165, 1.54) is 0 Å². The van der Waals surface area contributed by atoms with Crippen LogP contribution in [0.1, 0.15) is 37.4 Å². The SMILES string of the molecule is CCC(C)C(N)c1cccc(C)c1O. The van der Waals surface area contributed by atoms with Crippen LogP contribution < -0.4 is 5.73 Å². The van der Waals surface area contributed by atoms with Gasteiger partial charge < -0.3 is 10.8 Å². The van der Waals surface area contributed by atoms with Crippen molar-refractivity contribution < 1.29 is 5.11 Å². The molecule has 2 nitrogen and oxygen atoms in total. The first kappa shape index (κ1) is 11.1. The zero-order valence-electron chi connectivity index (χ0n) is 9.12. The van der Waals surface area contributed by atoms with E-state index in [1.54, 1.807) is 0 Å². The Bertz CT molecular complexity index is 309. The summed E-state index contributed by atoms with van der Waals surface area (Å²) in [6.45, 7) is 6.10. The number of phenols is 1. The quantitative estimate of drug-likeness (QED) is 0.775. The Labute approximate surface area is 85.8 Å². The molecule has 0 aliphatic carbocycles. The van der Waals surface area contributed by atoms with E-state index < -0.39 is 0 Å². The second-order valence-electron chi connectivity index (χ2n) is 3.92. The predicted molar refractivity (Wildman–Crippen MR) is 59.2 cm³/mol. The first-order valence-electron chi connectivity index (χ1n) is 5.12. The van der Waals surface area contributed by atoms with Crippen LogP contribution in [0.4, 0.5) is 0 Å². The summed E-state index contributed by atoms with van der Waals surface area (Å²) in [7, 11) is 0. The molecule has 0 heterocycles. The second kappa shape index (κ2) is 4.47. The van der Waals surface area contributed by atoms with Gasteiger partial charge in [-0.15, -0.1) is 0 Å². The Morgan fingerprint density at radius 2 is 2.07 bits per heavy atom. The van der Waals surface area contributed by atoms with Crippen molar-refractivity contribution in [2.45, 2.75) is 33.2 Å². The van der Waals surface area contributed by atoms with Gasteiger partial charge in [0.05, 0.1) is 0 Å². The van der Waals surface area contributed by atoms with Crippen LogP contribution in [0.3, 0.4) is 0 Å². The molecule has 0 saturated heterocycles. The Balaban J connectivity index is 3.01. The van der Waals surface area contributed by atoms with E-state index in [1.807, 2.05) is 25.1 Å². The maximum absolute atomic E-state index is 9.83. The number of hydrogen-bond donors (Lipinski definition) is 2. The Morgan fingerprint density at radius 3 is 2.64 bits per heavy atom. The van der Waals surface area contributed by atoms with Crippen molar-refractivity contribution in [2.24, 2.45) is 11.7 Å². The highest BCUT2D eigenvalue weighted by atomic mass is 16.3. The number of aromatic hydroxyl groups is 1. The van der Waals surface area contributed by atoms with E-state index in [0.29, 0.717) is 11.7 Å². The number of rotatable bonds is 3. The largest absolute Gasteiger partial charge is 0.507 e. The third-order valence-electron chi connectivity index (χ3n) is 2.89. The number of benzene rings is 1. The van der Waals surface area contributed by atoms with Crippen LogP contribution in [-0.2, 0) is 0 Å². The van der Waals surface area contributed by atoms with Gasteiger partial charge in [-0.2, -0.15) is 0 Å². The lowest BCUT2D eigenvalue weighted by atomic mass is 9.92. The van der Waals surface area contributed by atoms with Gasteiger partial charge in [0.2, 0.25) is 0 Å². The fraction of sp³-hybridized carbons (Fsp3) is 0.500. The van der Waals surface area contributed by atoms with Crippen LogP contribution in [0.2, 0.25) is 0 Å². The van der Waals surface area contributed by atoms with Gasteiger partial charge in [0.1, 0.15) is 5.75 Å². The number of aryl methyl sites for hydroxylation is 1. The zero-order valence-corrected chi connectivity index (χ0v) is 9.12. The summed E-state index contributed by atoms with van der Waals surface area (Å²) < 4.78 is 0. The second-order valence-corrected chi connectivity index (χ2v) is 3.92. The van der Waals surface area contributed by atoms with Crippen molar-refractivity contribution in [3.63, 3.8) is 0 Å². The topological polar surface area (TPSA) is 46.2 Å². The third kappa shape index (κ3) is 2.07. The monoisotopic (exact) mass is 193 g/mol. The highest BCUT2D eigenvalue weighted by Crippen LogP contribution is 2.30. The molecule has 0 aliphatic heterocycles. The fourth-order valence-corrected chi connectivity index (χ4v) is 1.51. The van der Waals surface area contributed by atoms with Crippen molar-refractivity contribution >= 4 is 0 Å². The standard InChI is InChI=1S/C12H19NO/c1-4-8(2)11(13)10-7-5-6-9(3)12(10)14/h5-8,11,14H,4,13H2,1-3H3. The summed E-state index contributed by atoms with van der Waals surface area (Å²) in [6, 6.07) is 5.66. The Morgan fingerprint density at radius 1 is 1.43 bits per heavy atom. The highest BCUT2D eigenvalue weighted by molar-refractivity contribution is 5.41. The lowest BCUT2D eigenvalue weighted by Crippen LogP contribution is -2.18. The summed E-state index contributed by atoms with van der Waals surface area (Å²) in [5, 5.41) is 9.83. The van der Waals surface area contributed by atoms with Gasteiger partial charge in [-0.3, -0.25) is 0 Å². The molecular weight excluding hydrogens is 174 g/mol. The highest BCUT2D eigenvalue weighted by Gasteiger charge is 2.16. The molecule has 1 rings (SSSR count). The number of para-hydroxylation sites is 1. The minimum absolute atomic E-state index is 0.0695. The average Bonchev–Trinajstić information content (AvgIpc) is 2.20. The van der Waals surface area contributed by atoms with Crippen molar-refractivity contribution in [3.8, 4) is 5.75 Å². The van der Waals surface area contributed by atoms with Crippen LogP contribution >= 0.6 is 0 Å². The molecule has 1 aromatic rings. The lowest BCUT2D eigenvalue weighted by molar-refractivity contribution is 0.417. The van der Waals surface area contributed by atoms with Crippen LogP contribution in [0, 0.1) is 12.8 Å². The van der Waals surface area contributed by atoms with Gasteiger partial charge in [-0.1, -0.05) is 38.5 Å². The molecule has 0 saturated carbocycles. The van der Waals surface area contributed by atoms with Gasteiger partial charge >= 0.3 is 0 Å². The van der Waals surface area contributed by atoms with E-state index >= 15 is 0 Å². The first-order chi connectivity index (χ1) is 6.57. The molecule has 0 radical (unpaired) electrons. The van der Waals surface area contributed by atoms with Gasteiger partial charge in [0, 0.05) is 11.6 Å². The molecule has 3 N–H and O–H groups in total. The van der Waals surface area contributed by atoms with Crippen LogP contribution in [0.25, 0.3) is 0 Å². The van der Waals surface area contributed by atoms with Crippen molar-refractivity contribution in [1.29, 1.82) is 0 Å². The summed E-state index contributed by atoms with van der Waals surface area (Å²) in [5.74, 6) is 0.739. The van der Waals surface area contributed by atoms with E-state index in [0.717, 1.165) is 17.5 Å². The van der Waals surface area contributed by atoms with Crippen LogP contribution in [-0.4, -0.2) is 5.11 Å². The number of hydrogen-bond acceptors (Lipinski definition) is 2. The third-order valence-corrected chi connectivity index (χ3v) is 2.89. The molecule has 2 heteroatoms. The average molecular weight is 193 g/mol. The minimum atomic E-state index is -0.0695. The van der Waals surface area contributed by atoms with Gasteiger partial charge in [-0.25, -0.2) is 0 Å². The molecule has 78 valence electrons. The van der Waals surface area contributed by atoms with E-state index in [4.69, 9.17) is 5.73 Å². The summed E-state index contributed by atoms with van der Waals surface area (Å²) in [6.07, 6.45) is 1.02. The smallest absolute Gasteiger partial charge is 0.123 e. The normalized spacial score (nSPS) is 15.1. The maximum atomic E-state index is 9.83. The predicted octanol–water partition coefficient (Wildman–Crippen LogP) is 2.75. The van der Waals surface area contributed by atoms with Gasteiger partial charge in [0.15, 0.2) is 0 Å². The molecule has 2 atom stereocenters. The van der Waals surface area contributed by atoms with Crippen LogP contribution in [0.15, 0.2) is 18.2 Å². The summed E-state index contributed by atoms with van der Waals surface area (Å²) >= 11 is 0. The van der Waals surface area contributed by atoms with Gasteiger partial charge in [0.25, 0.3) is 0 Å². The Kier molecular flexibility index (Phi) is 3.53. The molecule has 0 fully saturated rings. The molecular formula is C12H19NO. The zero-order chi connectivity index (χ0) is 10.7. The molecule has 0 amide bonds. The molecule has 2 unspecified atom stereocenters. The van der Waals surface area contributed by atoms with Crippen LogP contribution in [0.5, 0.6) is 5.75 Å².